The number of hydrogen-bond acceptors (Lipinski definition) is 3. The number of ether oxygens (including phenoxy) is 1. The van der Waals surface area contributed by atoms with Crippen LogP contribution in [-0.4, -0.2) is 37.4 Å². The van der Waals surface area contributed by atoms with Crippen LogP contribution in [0.5, 0.6) is 5.75 Å². The van der Waals surface area contributed by atoms with Crippen LogP contribution in [0.15, 0.2) is 30.3 Å². The van der Waals surface area contributed by atoms with Gasteiger partial charge in [0.15, 0.2) is 0 Å². The molecule has 0 atom stereocenters. The molecule has 0 bridgehead atoms. The normalized spacial score (nSPS) is 10.7. The van der Waals surface area contributed by atoms with Crippen LogP contribution in [0.1, 0.15) is 12.8 Å². The monoisotopic (exact) mass is 239 g/mol. The molecular formula is C13H21NOS. The van der Waals surface area contributed by atoms with E-state index < -0.39 is 0 Å². The first-order valence-corrected chi connectivity index (χ1v) is 6.43. The van der Waals surface area contributed by atoms with Crippen LogP contribution in [0.25, 0.3) is 0 Å². The Morgan fingerprint density at radius 3 is 2.50 bits per heavy atom. The minimum Gasteiger partial charge on any atom is -0.494 e. The van der Waals surface area contributed by atoms with Gasteiger partial charge < -0.3 is 9.64 Å². The molecule has 2 nitrogen and oxygen atoms in total. The van der Waals surface area contributed by atoms with Gasteiger partial charge in [-0.2, -0.15) is 12.6 Å². The van der Waals surface area contributed by atoms with Gasteiger partial charge in [-0.05, 0) is 44.3 Å². The fourth-order valence-corrected chi connectivity index (χ4v) is 1.64. The third kappa shape index (κ3) is 6.03. The van der Waals surface area contributed by atoms with Crippen LogP contribution in [0, 0.1) is 0 Å². The molecular weight excluding hydrogens is 218 g/mol. The quantitative estimate of drug-likeness (QED) is 0.553. The zero-order valence-electron chi connectivity index (χ0n) is 9.93. The number of nitrogens with zero attached hydrogens (tertiary/aromatic N) is 1. The molecule has 0 saturated carbocycles. The Balaban J connectivity index is 2.03. The average molecular weight is 239 g/mol. The standard InChI is InChI=1S/C13H21NOS/c1-14(10-6-12-16)9-5-11-15-13-7-3-2-4-8-13/h2-4,7-8,16H,5-6,9-12H2,1H3. The minimum atomic E-state index is 0.787. The van der Waals surface area contributed by atoms with E-state index in [9.17, 15) is 0 Å². The van der Waals surface area contributed by atoms with Gasteiger partial charge >= 0.3 is 0 Å². The average Bonchev–Trinajstić information content (AvgIpc) is 2.33. The molecule has 0 heterocycles. The number of rotatable bonds is 8. The summed E-state index contributed by atoms with van der Waals surface area (Å²) in [5.74, 6) is 1.92. The summed E-state index contributed by atoms with van der Waals surface area (Å²) >= 11 is 4.20. The van der Waals surface area contributed by atoms with Gasteiger partial charge in [0.05, 0.1) is 6.61 Å². The first-order chi connectivity index (χ1) is 7.83. The Hall–Kier alpha value is -0.670. The molecule has 0 aliphatic rings. The molecule has 0 N–H and O–H groups in total. The first-order valence-electron chi connectivity index (χ1n) is 5.80. The van der Waals surface area contributed by atoms with Gasteiger partial charge in [-0.3, -0.25) is 0 Å². The predicted molar refractivity (Wildman–Crippen MR) is 72.5 cm³/mol. The Bertz CT molecular complexity index is 266. The van der Waals surface area contributed by atoms with Gasteiger partial charge in [0.1, 0.15) is 5.75 Å². The molecule has 16 heavy (non-hydrogen) atoms. The lowest BCUT2D eigenvalue weighted by atomic mass is 10.3. The zero-order valence-corrected chi connectivity index (χ0v) is 10.8. The van der Waals surface area contributed by atoms with Crippen molar-refractivity contribution in [3.8, 4) is 5.75 Å². The number of para-hydroxylation sites is 1. The Morgan fingerprint density at radius 1 is 1.12 bits per heavy atom. The molecule has 1 rings (SSSR count). The third-order valence-corrected chi connectivity index (χ3v) is 2.71. The molecule has 0 saturated heterocycles. The SMILES string of the molecule is CN(CCCS)CCCOc1ccccc1. The molecule has 0 amide bonds. The Morgan fingerprint density at radius 2 is 1.81 bits per heavy atom. The van der Waals surface area contributed by atoms with Crippen molar-refractivity contribution in [2.24, 2.45) is 0 Å². The van der Waals surface area contributed by atoms with Crippen molar-refractivity contribution in [2.75, 3.05) is 32.5 Å². The summed E-state index contributed by atoms with van der Waals surface area (Å²) in [6, 6.07) is 9.97. The topological polar surface area (TPSA) is 12.5 Å². The van der Waals surface area contributed by atoms with Crippen molar-refractivity contribution in [1.29, 1.82) is 0 Å². The maximum Gasteiger partial charge on any atom is 0.119 e. The van der Waals surface area contributed by atoms with Gasteiger partial charge in [0.2, 0.25) is 0 Å². The molecule has 0 fully saturated rings. The number of hydrogen-bond donors (Lipinski definition) is 1. The van der Waals surface area contributed by atoms with E-state index in [0.717, 1.165) is 44.0 Å². The van der Waals surface area contributed by atoms with Crippen molar-refractivity contribution in [3.63, 3.8) is 0 Å². The van der Waals surface area contributed by atoms with Crippen molar-refractivity contribution in [2.45, 2.75) is 12.8 Å². The second-order valence-electron chi connectivity index (χ2n) is 3.90. The minimum absolute atomic E-state index is 0.787. The van der Waals surface area contributed by atoms with Crippen LogP contribution in [0.3, 0.4) is 0 Å². The fraction of sp³-hybridized carbons (Fsp3) is 0.538. The van der Waals surface area contributed by atoms with E-state index in [1.165, 1.54) is 0 Å². The highest BCUT2D eigenvalue weighted by atomic mass is 32.1. The maximum atomic E-state index is 5.62. The summed E-state index contributed by atoms with van der Waals surface area (Å²) < 4.78 is 5.62. The maximum absolute atomic E-state index is 5.62. The van der Waals surface area contributed by atoms with Crippen LogP contribution < -0.4 is 4.74 Å². The van der Waals surface area contributed by atoms with E-state index >= 15 is 0 Å². The van der Waals surface area contributed by atoms with E-state index in [0.29, 0.717) is 0 Å². The molecule has 0 aliphatic heterocycles. The summed E-state index contributed by atoms with van der Waals surface area (Å²) in [5, 5.41) is 0. The van der Waals surface area contributed by atoms with Gasteiger partial charge in [-0.25, -0.2) is 0 Å². The lowest BCUT2D eigenvalue weighted by Gasteiger charge is -2.15. The summed E-state index contributed by atoms with van der Waals surface area (Å²) in [6.45, 7) is 2.99. The lowest BCUT2D eigenvalue weighted by molar-refractivity contribution is 0.263. The van der Waals surface area contributed by atoms with Gasteiger partial charge in [-0.1, -0.05) is 18.2 Å². The molecule has 1 aromatic rings. The second kappa shape index (κ2) is 8.48. The zero-order chi connectivity index (χ0) is 11.6. The van der Waals surface area contributed by atoms with Gasteiger partial charge in [-0.15, -0.1) is 0 Å². The highest BCUT2D eigenvalue weighted by molar-refractivity contribution is 7.80. The van der Waals surface area contributed by atoms with E-state index in [2.05, 4.69) is 24.6 Å². The van der Waals surface area contributed by atoms with Crippen molar-refractivity contribution in [3.05, 3.63) is 30.3 Å². The van der Waals surface area contributed by atoms with E-state index in [1.807, 2.05) is 30.3 Å². The fourth-order valence-electron chi connectivity index (χ4n) is 1.49. The molecule has 0 radical (unpaired) electrons. The summed E-state index contributed by atoms with van der Waals surface area (Å²) in [4.78, 5) is 2.32. The third-order valence-electron chi connectivity index (χ3n) is 2.39. The largest absolute Gasteiger partial charge is 0.494 e. The van der Waals surface area contributed by atoms with Crippen LogP contribution in [0.2, 0.25) is 0 Å². The Labute approximate surface area is 104 Å². The van der Waals surface area contributed by atoms with Gasteiger partial charge in [0.25, 0.3) is 0 Å². The number of benzene rings is 1. The summed E-state index contributed by atoms with van der Waals surface area (Å²) in [5.41, 5.74) is 0. The Kier molecular flexibility index (Phi) is 7.10. The van der Waals surface area contributed by atoms with Crippen molar-refractivity contribution >= 4 is 12.6 Å². The van der Waals surface area contributed by atoms with Crippen molar-refractivity contribution in [1.82, 2.24) is 4.90 Å². The van der Waals surface area contributed by atoms with Crippen LogP contribution in [-0.2, 0) is 0 Å². The lowest BCUT2D eigenvalue weighted by Crippen LogP contribution is -2.22. The summed E-state index contributed by atoms with van der Waals surface area (Å²) in [7, 11) is 2.14. The first kappa shape index (κ1) is 13.4. The highest BCUT2D eigenvalue weighted by Crippen LogP contribution is 2.08. The number of thiol groups is 1. The molecule has 0 aromatic heterocycles. The van der Waals surface area contributed by atoms with Crippen LogP contribution in [0.4, 0.5) is 0 Å². The molecule has 0 spiro atoms. The molecule has 3 heteroatoms. The van der Waals surface area contributed by atoms with Crippen LogP contribution >= 0.6 is 12.6 Å². The molecule has 0 unspecified atom stereocenters. The van der Waals surface area contributed by atoms with E-state index in [1.54, 1.807) is 0 Å². The predicted octanol–water partition coefficient (Wildman–Crippen LogP) is 2.71. The molecule has 0 aliphatic carbocycles. The van der Waals surface area contributed by atoms with Crippen molar-refractivity contribution < 1.29 is 4.74 Å². The molecule has 1 aromatic carbocycles. The second-order valence-corrected chi connectivity index (χ2v) is 4.34. The van der Waals surface area contributed by atoms with E-state index in [-0.39, 0.29) is 0 Å². The summed E-state index contributed by atoms with van der Waals surface area (Å²) in [6.07, 6.45) is 2.22. The van der Waals surface area contributed by atoms with E-state index in [4.69, 9.17) is 4.74 Å². The smallest absolute Gasteiger partial charge is 0.119 e. The van der Waals surface area contributed by atoms with Gasteiger partial charge in [0, 0.05) is 6.54 Å². The highest BCUT2D eigenvalue weighted by Gasteiger charge is 1.97. The molecule has 90 valence electrons.